The topological polar surface area (TPSA) is 63.3 Å². The monoisotopic (exact) mass is 185 g/mol. The van der Waals surface area contributed by atoms with Crippen LogP contribution < -0.4 is 5.73 Å². The third kappa shape index (κ3) is 3.35. The molecule has 0 spiro atoms. The molecule has 3 N–H and O–H groups in total. The number of hydrogen-bond donors (Lipinski definition) is 2. The Morgan fingerprint density at radius 3 is 2.85 bits per heavy atom. The molecule has 13 heavy (non-hydrogen) atoms. The van der Waals surface area contributed by atoms with Crippen LogP contribution in [0.5, 0.6) is 0 Å². The van der Waals surface area contributed by atoms with Gasteiger partial charge in [-0.3, -0.25) is 4.79 Å². The zero-order valence-corrected chi connectivity index (χ0v) is 8.25. The van der Waals surface area contributed by atoms with Gasteiger partial charge in [0.25, 0.3) is 0 Å². The Balaban J connectivity index is 2.52. The average Bonchev–Trinajstić information content (AvgIpc) is 2.12. The molecule has 2 atom stereocenters. The minimum atomic E-state index is -0.767. The molecule has 1 saturated carbocycles. The highest BCUT2D eigenvalue weighted by Crippen LogP contribution is 2.30. The highest BCUT2D eigenvalue weighted by Gasteiger charge is 2.30. The van der Waals surface area contributed by atoms with Crippen molar-refractivity contribution < 1.29 is 9.90 Å². The van der Waals surface area contributed by atoms with Crippen LogP contribution in [0.3, 0.4) is 0 Å². The zero-order chi connectivity index (χ0) is 9.90. The summed E-state index contributed by atoms with van der Waals surface area (Å²) in [5.41, 5.74) is 5.61. The molecule has 76 valence electrons. The SMILES string of the molecule is CC1CCCC(N)(CC(=O)O)CC1. The van der Waals surface area contributed by atoms with Crippen molar-refractivity contribution in [2.75, 3.05) is 0 Å². The minimum absolute atomic E-state index is 0.125. The standard InChI is InChI=1S/C10H19NO2/c1-8-3-2-5-10(11,6-4-8)7-9(12)13/h8H,2-7,11H2,1H3,(H,12,13). The lowest BCUT2D eigenvalue weighted by molar-refractivity contribution is -0.138. The van der Waals surface area contributed by atoms with E-state index in [1.807, 2.05) is 0 Å². The summed E-state index contributed by atoms with van der Waals surface area (Å²) in [5.74, 6) is -0.0590. The van der Waals surface area contributed by atoms with Crippen molar-refractivity contribution in [3.05, 3.63) is 0 Å². The van der Waals surface area contributed by atoms with E-state index in [4.69, 9.17) is 10.8 Å². The van der Waals surface area contributed by atoms with E-state index >= 15 is 0 Å². The molecule has 0 amide bonds. The number of hydrogen-bond acceptors (Lipinski definition) is 2. The predicted molar refractivity (Wildman–Crippen MR) is 51.4 cm³/mol. The van der Waals surface area contributed by atoms with Crippen molar-refractivity contribution in [1.82, 2.24) is 0 Å². The molecule has 0 radical (unpaired) electrons. The molecule has 1 aliphatic carbocycles. The fourth-order valence-electron chi connectivity index (χ4n) is 2.08. The van der Waals surface area contributed by atoms with E-state index in [2.05, 4.69) is 6.92 Å². The summed E-state index contributed by atoms with van der Waals surface area (Å²) in [5, 5.41) is 8.71. The summed E-state index contributed by atoms with van der Waals surface area (Å²) >= 11 is 0. The van der Waals surface area contributed by atoms with Gasteiger partial charge in [0.15, 0.2) is 0 Å². The fourth-order valence-corrected chi connectivity index (χ4v) is 2.08. The third-order valence-electron chi connectivity index (χ3n) is 3.01. The van der Waals surface area contributed by atoms with E-state index in [0.29, 0.717) is 5.92 Å². The largest absolute Gasteiger partial charge is 0.481 e. The van der Waals surface area contributed by atoms with Gasteiger partial charge >= 0.3 is 5.97 Å². The van der Waals surface area contributed by atoms with Crippen molar-refractivity contribution in [2.24, 2.45) is 11.7 Å². The Kier molecular flexibility index (Phi) is 3.31. The fraction of sp³-hybridized carbons (Fsp3) is 0.900. The highest BCUT2D eigenvalue weighted by molar-refractivity contribution is 5.68. The van der Waals surface area contributed by atoms with Gasteiger partial charge in [-0.05, 0) is 25.2 Å². The molecule has 0 heterocycles. The van der Waals surface area contributed by atoms with Crippen molar-refractivity contribution in [3.63, 3.8) is 0 Å². The van der Waals surface area contributed by atoms with Gasteiger partial charge in [0.1, 0.15) is 0 Å². The number of carboxylic acid groups (broad SMARTS) is 1. The van der Waals surface area contributed by atoms with E-state index < -0.39 is 11.5 Å². The molecule has 3 nitrogen and oxygen atoms in total. The van der Waals surface area contributed by atoms with Crippen molar-refractivity contribution in [2.45, 2.75) is 51.0 Å². The first-order chi connectivity index (χ1) is 6.02. The van der Waals surface area contributed by atoms with Gasteiger partial charge in [-0.25, -0.2) is 0 Å². The molecular weight excluding hydrogens is 166 g/mol. The normalized spacial score (nSPS) is 35.4. The number of rotatable bonds is 2. The number of carbonyl (C=O) groups is 1. The zero-order valence-electron chi connectivity index (χ0n) is 8.25. The van der Waals surface area contributed by atoms with Crippen LogP contribution in [0.25, 0.3) is 0 Å². The first-order valence-corrected chi connectivity index (χ1v) is 5.02. The molecule has 1 fully saturated rings. The van der Waals surface area contributed by atoms with Gasteiger partial charge < -0.3 is 10.8 Å². The summed E-state index contributed by atoms with van der Waals surface area (Å²) < 4.78 is 0. The molecule has 3 heteroatoms. The summed E-state index contributed by atoms with van der Waals surface area (Å²) in [4.78, 5) is 10.6. The van der Waals surface area contributed by atoms with Crippen LogP contribution in [0.15, 0.2) is 0 Å². The number of aliphatic carboxylic acids is 1. The van der Waals surface area contributed by atoms with E-state index in [9.17, 15) is 4.79 Å². The predicted octanol–water partition coefficient (Wildman–Crippen LogP) is 1.76. The Hall–Kier alpha value is -0.570. The van der Waals surface area contributed by atoms with Crippen molar-refractivity contribution in [1.29, 1.82) is 0 Å². The summed E-state index contributed by atoms with van der Waals surface area (Å²) in [7, 11) is 0. The van der Waals surface area contributed by atoms with Crippen LogP contribution in [-0.4, -0.2) is 16.6 Å². The van der Waals surface area contributed by atoms with Crippen LogP contribution in [0.4, 0.5) is 0 Å². The Morgan fingerprint density at radius 1 is 1.54 bits per heavy atom. The van der Waals surface area contributed by atoms with E-state index in [-0.39, 0.29) is 6.42 Å². The van der Waals surface area contributed by atoms with Crippen LogP contribution in [0, 0.1) is 5.92 Å². The maximum atomic E-state index is 10.6. The summed E-state index contributed by atoms with van der Waals surface area (Å²) in [6.07, 6.45) is 5.19. The van der Waals surface area contributed by atoms with Gasteiger partial charge in [0, 0.05) is 5.54 Å². The Labute approximate surface area is 79.3 Å². The highest BCUT2D eigenvalue weighted by atomic mass is 16.4. The van der Waals surface area contributed by atoms with Crippen molar-refractivity contribution in [3.8, 4) is 0 Å². The third-order valence-corrected chi connectivity index (χ3v) is 3.01. The maximum Gasteiger partial charge on any atom is 0.305 e. The van der Waals surface area contributed by atoms with Crippen LogP contribution in [0.1, 0.15) is 45.4 Å². The number of nitrogens with two attached hydrogens (primary N) is 1. The first kappa shape index (κ1) is 10.5. The molecule has 0 aromatic carbocycles. The Morgan fingerprint density at radius 2 is 2.23 bits per heavy atom. The molecule has 2 unspecified atom stereocenters. The second-order valence-electron chi connectivity index (χ2n) is 4.47. The molecule has 1 rings (SSSR count). The molecule has 1 aliphatic rings. The lowest BCUT2D eigenvalue weighted by Gasteiger charge is -2.25. The van der Waals surface area contributed by atoms with E-state index in [0.717, 1.165) is 25.7 Å². The van der Waals surface area contributed by atoms with Crippen LogP contribution in [-0.2, 0) is 4.79 Å². The van der Waals surface area contributed by atoms with Crippen LogP contribution in [0.2, 0.25) is 0 Å². The van der Waals surface area contributed by atoms with Crippen molar-refractivity contribution >= 4 is 5.97 Å². The lowest BCUT2D eigenvalue weighted by Crippen LogP contribution is -2.41. The van der Waals surface area contributed by atoms with Gasteiger partial charge in [-0.2, -0.15) is 0 Å². The van der Waals surface area contributed by atoms with Gasteiger partial charge in [0.2, 0.25) is 0 Å². The van der Waals surface area contributed by atoms with E-state index in [1.165, 1.54) is 6.42 Å². The first-order valence-electron chi connectivity index (χ1n) is 5.02. The van der Waals surface area contributed by atoms with Gasteiger partial charge in [0.05, 0.1) is 6.42 Å². The molecule has 0 bridgehead atoms. The molecule has 0 aliphatic heterocycles. The maximum absolute atomic E-state index is 10.6. The smallest absolute Gasteiger partial charge is 0.305 e. The average molecular weight is 185 g/mol. The minimum Gasteiger partial charge on any atom is -0.481 e. The number of carboxylic acids is 1. The van der Waals surface area contributed by atoms with E-state index in [1.54, 1.807) is 0 Å². The van der Waals surface area contributed by atoms with Crippen LogP contribution >= 0.6 is 0 Å². The summed E-state index contributed by atoms with van der Waals surface area (Å²) in [6.45, 7) is 2.21. The lowest BCUT2D eigenvalue weighted by atomic mass is 9.88. The Bertz CT molecular complexity index is 193. The molecule has 0 saturated heterocycles. The summed E-state index contributed by atoms with van der Waals surface area (Å²) in [6, 6.07) is 0. The van der Waals surface area contributed by atoms with Gasteiger partial charge in [-0.1, -0.05) is 19.8 Å². The molecule has 0 aromatic rings. The quantitative estimate of drug-likeness (QED) is 0.644. The van der Waals surface area contributed by atoms with Gasteiger partial charge in [-0.15, -0.1) is 0 Å². The molecule has 0 aromatic heterocycles. The second kappa shape index (κ2) is 4.09. The molecular formula is C10H19NO2. The second-order valence-corrected chi connectivity index (χ2v) is 4.47.